The molecule has 7 aromatic carbocycles. The van der Waals surface area contributed by atoms with Crippen molar-refractivity contribution in [2.24, 2.45) is 0 Å². The fraction of sp³-hybridized carbons (Fsp3) is 0.321. The van der Waals surface area contributed by atoms with Gasteiger partial charge in [0.1, 0.15) is 0 Å². The molecule has 62 heavy (non-hydrogen) atoms. The average Bonchev–Trinajstić information content (AvgIpc) is 3.29. The summed E-state index contributed by atoms with van der Waals surface area (Å²) in [5, 5.41) is 2.25. The maximum Gasteiger partial charge on any atom is 0.172 e. The number of unbranched alkanes of at least 4 members (excludes halogenated alkanes) is 8. The lowest BCUT2D eigenvalue weighted by molar-refractivity contribution is 0.291. The summed E-state index contributed by atoms with van der Waals surface area (Å²) in [6, 6.07) is 37.2. The van der Waals surface area contributed by atoms with Gasteiger partial charge in [0.15, 0.2) is 34.8 Å². The average molecular weight is 841 g/mol. The van der Waals surface area contributed by atoms with Crippen molar-refractivity contribution >= 4 is 21.5 Å². The highest BCUT2D eigenvalue weighted by atomic mass is 19.2. The summed E-state index contributed by atoms with van der Waals surface area (Å²) in [5.74, 6) is -1.87. The van der Waals surface area contributed by atoms with Gasteiger partial charge in [-0.3, -0.25) is 0 Å². The normalized spacial score (nSPS) is 11.2. The first-order valence-electron chi connectivity index (χ1n) is 22.6. The van der Waals surface area contributed by atoms with Gasteiger partial charge in [-0.2, -0.15) is 0 Å². The zero-order chi connectivity index (χ0) is 43.8. The SMILES string of the molecule is CCCCCCOc1ccc2c(ccc3c(F)c(OCCCCCC)ccc32)c1F.CCCCCc1ccc(-c2ccc(-c3ccc(-c4ccc(C)cc4)cc3)c(F)c2F)cc1. The number of hydrogen-bond acceptors (Lipinski definition) is 2. The molecule has 7 aromatic rings. The third-order valence-electron chi connectivity index (χ3n) is 11.5. The van der Waals surface area contributed by atoms with Crippen LogP contribution in [0.2, 0.25) is 0 Å². The minimum absolute atomic E-state index is 0.255. The van der Waals surface area contributed by atoms with Crippen LogP contribution in [0.25, 0.3) is 54.9 Å². The predicted molar refractivity (Wildman–Crippen MR) is 251 cm³/mol. The molecule has 2 nitrogen and oxygen atoms in total. The Morgan fingerprint density at radius 1 is 0.355 bits per heavy atom. The number of fused-ring (bicyclic) bond motifs is 3. The van der Waals surface area contributed by atoms with Crippen molar-refractivity contribution in [2.45, 2.75) is 105 Å². The zero-order valence-corrected chi connectivity index (χ0v) is 36.8. The standard InChI is InChI=1S/C30H28F2.C26H32F2O2/c1-3-4-5-6-22-9-13-25(14-10-22)27-19-20-28(30(32)29(27)31)26-17-15-24(16-18-26)23-11-7-21(2)8-12-23;1-3-5-7-9-17-29-23-15-13-19-20-14-16-24(30-18-10-8-6-4-2)26(28)22(20)12-11-21(19)25(23)27/h7-20H,3-6H2,1-2H3;11-16H,3-10,17-18H2,1-2H3. The van der Waals surface area contributed by atoms with Crippen molar-refractivity contribution in [3.63, 3.8) is 0 Å². The first kappa shape index (κ1) is 45.9. The van der Waals surface area contributed by atoms with Gasteiger partial charge in [0.05, 0.1) is 13.2 Å². The maximum atomic E-state index is 15.0. The van der Waals surface area contributed by atoms with Gasteiger partial charge in [-0.05, 0) is 95.5 Å². The predicted octanol–water partition coefficient (Wildman–Crippen LogP) is 17.2. The number of hydrogen-bond donors (Lipinski definition) is 0. The van der Waals surface area contributed by atoms with E-state index in [9.17, 15) is 13.2 Å². The molecule has 0 heterocycles. The summed E-state index contributed by atoms with van der Waals surface area (Å²) in [7, 11) is 0. The molecule has 0 amide bonds. The molecule has 0 aliphatic heterocycles. The Morgan fingerprint density at radius 3 is 1.19 bits per heavy atom. The Balaban J connectivity index is 0.000000207. The van der Waals surface area contributed by atoms with Crippen LogP contribution in [-0.2, 0) is 6.42 Å². The van der Waals surface area contributed by atoms with E-state index in [-0.39, 0.29) is 28.7 Å². The second-order valence-corrected chi connectivity index (χ2v) is 16.2. The largest absolute Gasteiger partial charge is 0.490 e. The van der Waals surface area contributed by atoms with E-state index in [0.29, 0.717) is 51.4 Å². The molecule has 6 heteroatoms. The number of aryl methyl sites for hydroxylation is 2. The van der Waals surface area contributed by atoms with Gasteiger partial charge >= 0.3 is 0 Å². The molecule has 7 rings (SSSR count). The molecule has 0 fully saturated rings. The van der Waals surface area contributed by atoms with Crippen LogP contribution in [0.1, 0.15) is 103 Å². The smallest absolute Gasteiger partial charge is 0.172 e. The molecule has 0 aliphatic carbocycles. The van der Waals surface area contributed by atoms with Crippen LogP contribution in [0, 0.1) is 30.2 Å². The number of halogens is 4. The van der Waals surface area contributed by atoms with E-state index < -0.39 is 11.6 Å². The summed E-state index contributed by atoms with van der Waals surface area (Å²) in [6.45, 7) is 9.55. The highest BCUT2D eigenvalue weighted by Gasteiger charge is 2.17. The van der Waals surface area contributed by atoms with Crippen LogP contribution in [0.3, 0.4) is 0 Å². The Kier molecular flexibility index (Phi) is 17.0. The molecular weight excluding hydrogens is 781 g/mol. The Morgan fingerprint density at radius 2 is 0.742 bits per heavy atom. The number of benzene rings is 7. The molecule has 0 saturated heterocycles. The molecule has 0 radical (unpaired) electrons. The van der Waals surface area contributed by atoms with Crippen molar-refractivity contribution in [1.29, 1.82) is 0 Å². The van der Waals surface area contributed by atoms with Gasteiger partial charge in [-0.15, -0.1) is 0 Å². The lowest BCUT2D eigenvalue weighted by Gasteiger charge is -2.13. The third kappa shape index (κ3) is 11.6. The van der Waals surface area contributed by atoms with E-state index in [4.69, 9.17) is 9.47 Å². The lowest BCUT2D eigenvalue weighted by Crippen LogP contribution is -2.01. The van der Waals surface area contributed by atoms with Crippen molar-refractivity contribution in [3.05, 3.63) is 156 Å². The minimum Gasteiger partial charge on any atom is -0.490 e. The van der Waals surface area contributed by atoms with Gasteiger partial charge < -0.3 is 9.47 Å². The molecule has 324 valence electrons. The van der Waals surface area contributed by atoms with E-state index in [1.807, 2.05) is 60.7 Å². The first-order chi connectivity index (χ1) is 30.2. The fourth-order valence-corrected chi connectivity index (χ4v) is 7.77. The van der Waals surface area contributed by atoms with E-state index >= 15 is 4.39 Å². The van der Waals surface area contributed by atoms with E-state index in [1.165, 1.54) is 24.0 Å². The Labute approximate surface area is 365 Å². The van der Waals surface area contributed by atoms with Crippen molar-refractivity contribution in [3.8, 4) is 44.9 Å². The summed E-state index contributed by atoms with van der Waals surface area (Å²) >= 11 is 0. The van der Waals surface area contributed by atoms with Gasteiger partial charge in [0, 0.05) is 21.9 Å². The second-order valence-electron chi connectivity index (χ2n) is 16.2. The molecule has 0 spiro atoms. The highest BCUT2D eigenvalue weighted by Crippen LogP contribution is 2.36. The number of rotatable bonds is 19. The highest BCUT2D eigenvalue weighted by molar-refractivity contribution is 6.08. The molecule has 0 saturated carbocycles. The summed E-state index contributed by atoms with van der Waals surface area (Å²) in [6.07, 6.45) is 13.2. The van der Waals surface area contributed by atoms with Crippen molar-refractivity contribution in [1.82, 2.24) is 0 Å². The molecular formula is C56H60F4O2. The molecule has 0 aliphatic rings. The molecule has 0 aromatic heterocycles. The second kappa shape index (κ2) is 23.0. The molecule has 0 N–H and O–H groups in total. The van der Waals surface area contributed by atoms with Crippen LogP contribution in [-0.4, -0.2) is 13.2 Å². The molecule has 0 atom stereocenters. The van der Waals surface area contributed by atoms with Crippen molar-refractivity contribution in [2.75, 3.05) is 13.2 Å². The van der Waals surface area contributed by atoms with Crippen molar-refractivity contribution < 1.29 is 27.0 Å². The van der Waals surface area contributed by atoms with E-state index in [2.05, 4.69) is 52.0 Å². The summed E-state index contributed by atoms with van der Waals surface area (Å²) in [4.78, 5) is 0. The summed E-state index contributed by atoms with van der Waals surface area (Å²) in [5.41, 5.74) is 6.51. The summed E-state index contributed by atoms with van der Waals surface area (Å²) < 4.78 is 71.3. The minimum atomic E-state index is -0.808. The Bertz CT molecular complexity index is 2410. The van der Waals surface area contributed by atoms with Crippen LogP contribution in [0.15, 0.2) is 121 Å². The molecule has 0 bridgehead atoms. The van der Waals surface area contributed by atoms with Crippen LogP contribution in [0.5, 0.6) is 11.5 Å². The van der Waals surface area contributed by atoms with Gasteiger partial charge in [0.2, 0.25) is 0 Å². The number of ether oxygens (including phenoxy) is 2. The van der Waals surface area contributed by atoms with E-state index in [0.717, 1.165) is 75.3 Å². The van der Waals surface area contributed by atoms with Gasteiger partial charge in [-0.25, -0.2) is 17.6 Å². The monoisotopic (exact) mass is 840 g/mol. The zero-order valence-electron chi connectivity index (χ0n) is 36.8. The fourth-order valence-electron chi connectivity index (χ4n) is 7.77. The first-order valence-corrected chi connectivity index (χ1v) is 22.6. The maximum absolute atomic E-state index is 15.0. The quantitative estimate of drug-likeness (QED) is 0.0459. The van der Waals surface area contributed by atoms with Crippen LogP contribution >= 0.6 is 0 Å². The third-order valence-corrected chi connectivity index (χ3v) is 11.5. The molecule has 0 unspecified atom stereocenters. The van der Waals surface area contributed by atoms with Crippen LogP contribution < -0.4 is 9.47 Å². The van der Waals surface area contributed by atoms with E-state index in [1.54, 1.807) is 36.4 Å². The van der Waals surface area contributed by atoms with Gasteiger partial charge in [-0.1, -0.05) is 175 Å². The topological polar surface area (TPSA) is 18.5 Å². The van der Waals surface area contributed by atoms with Crippen LogP contribution in [0.4, 0.5) is 17.6 Å². The van der Waals surface area contributed by atoms with Gasteiger partial charge in [0.25, 0.3) is 0 Å². The lowest BCUT2D eigenvalue weighted by atomic mass is 9.96. The Hall–Kier alpha value is -5.62.